The predicted molar refractivity (Wildman–Crippen MR) is 140 cm³/mol. The monoisotopic (exact) mass is 527 g/mol. The number of nitrogens with zero attached hydrogens (tertiary/aromatic N) is 2. The number of hydrogen-bond acceptors (Lipinski definition) is 8. The molecule has 1 heterocycles. The van der Waals surface area contributed by atoms with E-state index in [1.807, 2.05) is 0 Å². The van der Waals surface area contributed by atoms with Gasteiger partial charge in [0.1, 0.15) is 18.1 Å². The molecule has 0 bridgehead atoms. The number of unbranched alkanes of at least 4 members (excludes halogenated alkanes) is 2. The van der Waals surface area contributed by atoms with Crippen LogP contribution in [0.2, 0.25) is 0 Å². The molecule has 0 aromatic carbocycles. The summed E-state index contributed by atoms with van der Waals surface area (Å²) in [5.41, 5.74) is 27.7. The molecule has 1 aliphatic rings. The second-order valence-corrected chi connectivity index (χ2v) is 9.27. The summed E-state index contributed by atoms with van der Waals surface area (Å²) in [7, 11) is 0. The maximum atomic E-state index is 13.2. The smallest absolute Gasteiger partial charge is 0.326 e. The number of rotatable bonds is 18. The van der Waals surface area contributed by atoms with E-state index in [-0.39, 0.29) is 24.7 Å². The minimum atomic E-state index is -1.15. The number of hydrogen-bond donors (Lipinski definition) is 8. The van der Waals surface area contributed by atoms with E-state index in [1.54, 1.807) is 0 Å². The summed E-state index contributed by atoms with van der Waals surface area (Å²) in [6.45, 7) is 1.57. The van der Waals surface area contributed by atoms with Crippen LogP contribution in [0.25, 0.3) is 0 Å². The summed E-state index contributed by atoms with van der Waals surface area (Å²) in [4.78, 5) is 56.0. The maximum Gasteiger partial charge on any atom is 0.326 e. The van der Waals surface area contributed by atoms with Crippen LogP contribution in [0.4, 0.5) is 0 Å². The number of nitrogens with one attached hydrogen (secondary N) is 2. The van der Waals surface area contributed by atoms with Gasteiger partial charge < -0.3 is 49.3 Å². The first-order chi connectivity index (χ1) is 17.6. The number of carboxylic acids is 1. The zero-order valence-electron chi connectivity index (χ0n) is 21.6. The van der Waals surface area contributed by atoms with Crippen molar-refractivity contribution in [3.05, 3.63) is 0 Å². The van der Waals surface area contributed by atoms with Crippen molar-refractivity contribution >= 4 is 29.7 Å². The highest BCUT2D eigenvalue weighted by Gasteiger charge is 2.37. The Morgan fingerprint density at radius 1 is 0.919 bits per heavy atom. The number of aliphatic carboxylic acids is 1. The van der Waals surface area contributed by atoms with Crippen molar-refractivity contribution < 1.29 is 24.3 Å². The highest BCUT2D eigenvalue weighted by atomic mass is 16.4. The summed E-state index contributed by atoms with van der Waals surface area (Å²) in [5.74, 6) is -2.60. The fraction of sp³-hybridized carbons (Fsp3) is 0.783. The summed E-state index contributed by atoms with van der Waals surface area (Å²) in [5, 5.41) is 14.8. The number of likely N-dealkylation sites (tertiary alicyclic amines) is 1. The van der Waals surface area contributed by atoms with E-state index >= 15 is 0 Å². The molecule has 1 aliphatic heterocycles. The molecule has 14 nitrogen and oxygen atoms in total. The van der Waals surface area contributed by atoms with E-state index in [2.05, 4.69) is 15.6 Å². The quantitative estimate of drug-likeness (QED) is 0.0535. The van der Waals surface area contributed by atoms with Crippen LogP contribution >= 0.6 is 0 Å². The Labute approximate surface area is 218 Å². The molecule has 1 rings (SSSR count). The Bertz CT molecular complexity index is 776. The zero-order valence-corrected chi connectivity index (χ0v) is 21.6. The molecule has 14 heteroatoms. The van der Waals surface area contributed by atoms with Crippen molar-refractivity contribution in [3.63, 3.8) is 0 Å². The third kappa shape index (κ3) is 11.7. The van der Waals surface area contributed by atoms with E-state index in [1.165, 1.54) is 4.90 Å². The van der Waals surface area contributed by atoms with Gasteiger partial charge >= 0.3 is 5.97 Å². The third-order valence-electron chi connectivity index (χ3n) is 6.26. The first-order valence-corrected chi connectivity index (χ1v) is 13.0. The van der Waals surface area contributed by atoms with Gasteiger partial charge in [-0.25, -0.2) is 4.79 Å². The maximum absolute atomic E-state index is 13.2. The van der Waals surface area contributed by atoms with E-state index in [0.717, 1.165) is 0 Å². The summed E-state index contributed by atoms with van der Waals surface area (Å²) in [6, 6.07) is -3.62. The SMILES string of the molecule is NCCCCC(NC(=O)C(CCCCN)NC(=O)C1CCCN1C(=O)C(N)CCCN=C(N)N)C(=O)O. The van der Waals surface area contributed by atoms with Crippen molar-refractivity contribution in [3.8, 4) is 0 Å². The van der Waals surface area contributed by atoms with Gasteiger partial charge in [-0.05, 0) is 77.3 Å². The summed E-state index contributed by atoms with van der Waals surface area (Å²) in [6.07, 6.45) is 4.82. The number of guanidine groups is 1. The van der Waals surface area contributed by atoms with Gasteiger partial charge in [0, 0.05) is 13.1 Å². The standard InChI is InChI=1S/C23H45N9O5/c24-11-3-1-8-16(19(33)31-17(22(36)37)9-2-4-12-25)30-20(34)18-10-6-14-32(18)21(35)15(26)7-5-13-29-23(27)28/h15-18H,1-14,24-26H2,(H,30,34)(H,31,33)(H,36,37)(H4,27,28,29). The molecule has 0 aliphatic carbocycles. The first-order valence-electron chi connectivity index (χ1n) is 13.0. The molecule has 37 heavy (non-hydrogen) atoms. The van der Waals surface area contributed by atoms with Crippen molar-refractivity contribution in [2.24, 2.45) is 33.7 Å². The number of carboxylic acid groups (broad SMARTS) is 1. The third-order valence-corrected chi connectivity index (χ3v) is 6.26. The molecule has 212 valence electrons. The highest BCUT2D eigenvalue weighted by Crippen LogP contribution is 2.20. The summed E-state index contributed by atoms with van der Waals surface area (Å²) >= 11 is 0. The van der Waals surface area contributed by atoms with Gasteiger partial charge in [-0.3, -0.25) is 19.4 Å². The van der Waals surface area contributed by atoms with Gasteiger partial charge in [-0.2, -0.15) is 0 Å². The molecular weight excluding hydrogens is 482 g/mol. The number of carbonyl (C=O) groups excluding carboxylic acids is 3. The molecule has 4 atom stereocenters. The Morgan fingerprint density at radius 3 is 2.11 bits per heavy atom. The number of amides is 3. The van der Waals surface area contributed by atoms with Crippen LogP contribution in [0.3, 0.4) is 0 Å². The van der Waals surface area contributed by atoms with Crippen LogP contribution in [-0.4, -0.2) is 90.0 Å². The Kier molecular flexibility index (Phi) is 15.1. The van der Waals surface area contributed by atoms with Crippen LogP contribution in [0, 0.1) is 0 Å². The number of nitrogens with two attached hydrogens (primary N) is 5. The lowest BCUT2D eigenvalue weighted by molar-refractivity contribution is -0.143. The van der Waals surface area contributed by atoms with E-state index in [0.29, 0.717) is 77.5 Å². The van der Waals surface area contributed by atoms with Gasteiger partial charge in [0.25, 0.3) is 0 Å². The lowest BCUT2D eigenvalue weighted by Gasteiger charge is -2.28. The van der Waals surface area contributed by atoms with Crippen LogP contribution < -0.4 is 39.3 Å². The average molecular weight is 528 g/mol. The molecule has 0 saturated carbocycles. The van der Waals surface area contributed by atoms with Crippen molar-refractivity contribution in [1.82, 2.24) is 15.5 Å². The number of carbonyl (C=O) groups is 4. The van der Waals surface area contributed by atoms with Crippen LogP contribution in [0.1, 0.15) is 64.2 Å². The van der Waals surface area contributed by atoms with E-state index < -0.39 is 42.0 Å². The molecule has 4 unspecified atom stereocenters. The van der Waals surface area contributed by atoms with Crippen molar-refractivity contribution in [1.29, 1.82) is 0 Å². The minimum absolute atomic E-state index is 0.0357. The van der Waals surface area contributed by atoms with Crippen LogP contribution in [0.15, 0.2) is 4.99 Å². The normalized spacial score (nSPS) is 17.5. The van der Waals surface area contributed by atoms with Crippen LogP contribution in [-0.2, 0) is 19.2 Å². The topological polar surface area (TPSA) is 258 Å². The second-order valence-electron chi connectivity index (χ2n) is 9.27. The minimum Gasteiger partial charge on any atom is -0.480 e. The zero-order chi connectivity index (χ0) is 27.8. The first kappa shape index (κ1) is 32.1. The lowest BCUT2D eigenvalue weighted by atomic mass is 10.0. The van der Waals surface area contributed by atoms with E-state index in [4.69, 9.17) is 28.7 Å². The summed E-state index contributed by atoms with van der Waals surface area (Å²) < 4.78 is 0. The molecule has 0 aromatic rings. The Morgan fingerprint density at radius 2 is 1.54 bits per heavy atom. The molecule has 1 saturated heterocycles. The second kappa shape index (κ2) is 17.5. The number of aliphatic imine (C=N–C) groups is 1. The largest absolute Gasteiger partial charge is 0.480 e. The molecule has 3 amide bonds. The molecule has 1 fully saturated rings. The predicted octanol–water partition coefficient (Wildman–Crippen LogP) is -2.33. The van der Waals surface area contributed by atoms with Gasteiger partial charge in [0.2, 0.25) is 17.7 Å². The Balaban J connectivity index is 2.83. The average Bonchev–Trinajstić information content (AvgIpc) is 3.34. The molecular formula is C23H45N9O5. The Hall–Kier alpha value is -2.97. The fourth-order valence-electron chi connectivity index (χ4n) is 4.21. The molecule has 13 N–H and O–H groups in total. The van der Waals surface area contributed by atoms with E-state index in [9.17, 15) is 24.3 Å². The van der Waals surface area contributed by atoms with Crippen molar-refractivity contribution in [2.75, 3.05) is 26.2 Å². The van der Waals surface area contributed by atoms with Gasteiger partial charge in [-0.1, -0.05) is 0 Å². The van der Waals surface area contributed by atoms with Gasteiger partial charge in [0.15, 0.2) is 5.96 Å². The molecule has 0 spiro atoms. The fourth-order valence-corrected chi connectivity index (χ4v) is 4.21. The lowest BCUT2D eigenvalue weighted by Crippen LogP contribution is -2.56. The highest BCUT2D eigenvalue weighted by molar-refractivity contribution is 5.94. The molecule has 0 aromatic heterocycles. The van der Waals surface area contributed by atoms with Gasteiger partial charge in [-0.15, -0.1) is 0 Å². The van der Waals surface area contributed by atoms with Crippen LogP contribution in [0.5, 0.6) is 0 Å². The molecule has 0 radical (unpaired) electrons. The van der Waals surface area contributed by atoms with Gasteiger partial charge in [0.05, 0.1) is 6.04 Å². The van der Waals surface area contributed by atoms with Crippen molar-refractivity contribution in [2.45, 2.75) is 88.4 Å².